The standard InChI is InChI=1S/C10H21N/c1-2-8-11-9-7-10-5-3-4-6-10/h10-11H,2-9H2,1H3. The van der Waals surface area contributed by atoms with Crippen LogP contribution in [-0.2, 0) is 0 Å². The number of nitrogens with one attached hydrogen (secondary N) is 1. The Kier molecular flexibility index (Phi) is 4.60. The van der Waals surface area contributed by atoms with Gasteiger partial charge in [0.1, 0.15) is 0 Å². The Labute approximate surface area is 70.6 Å². The minimum absolute atomic E-state index is 1.05. The Morgan fingerprint density at radius 2 is 1.91 bits per heavy atom. The molecule has 0 spiro atoms. The van der Waals surface area contributed by atoms with E-state index < -0.39 is 0 Å². The van der Waals surface area contributed by atoms with Gasteiger partial charge in [0.2, 0.25) is 0 Å². The van der Waals surface area contributed by atoms with Crippen LogP contribution in [0.1, 0.15) is 45.4 Å². The molecule has 1 heteroatoms. The molecule has 0 aromatic carbocycles. The van der Waals surface area contributed by atoms with Gasteiger partial charge in [-0.15, -0.1) is 0 Å². The van der Waals surface area contributed by atoms with Crippen molar-refractivity contribution in [2.45, 2.75) is 45.4 Å². The summed E-state index contributed by atoms with van der Waals surface area (Å²) < 4.78 is 0. The summed E-state index contributed by atoms with van der Waals surface area (Å²) in [6.07, 6.45) is 8.64. The van der Waals surface area contributed by atoms with Gasteiger partial charge in [-0.25, -0.2) is 0 Å². The second kappa shape index (κ2) is 5.59. The van der Waals surface area contributed by atoms with Gasteiger partial charge in [0.25, 0.3) is 0 Å². The second-order valence-corrected chi connectivity index (χ2v) is 3.69. The third-order valence-electron chi connectivity index (χ3n) is 2.63. The van der Waals surface area contributed by atoms with Crippen LogP contribution in [0.4, 0.5) is 0 Å². The first-order valence-corrected chi connectivity index (χ1v) is 5.14. The molecule has 0 aromatic rings. The van der Waals surface area contributed by atoms with Gasteiger partial charge in [-0.3, -0.25) is 0 Å². The molecule has 1 rings (SSSR count). The molecule has 0 radical (unpaired) electrons. The summed E-state index contributed by atoms with van der Waals surface area (Å²) in [5, 5.41) is 3.46. The minimum Gasteiger partial charge on any atom is -0.317 e. The Morgan fingerprint density at radius 1 is 1.18 bits per heavy atom. The van der Waals surface area contributed by atoms with Crippen molar-refractivity contribution in [2.75, 3.05) is 13.1 Å². The fraction of sp³-hybridized carbons (Fsp3) is 1.00. The lowest BCUT2D eigenvalue weighted by Crippen LogP contribution is -2.17. The highest BCUT2D eigenvalue weighted by Gasteiger charge is 2.13. The summed E-state index contributed by atoms with van der Waals surface area (Å²) in [6, 6.07) is 0. The zero-order chi connectivity index (χ0) is 7.94. The first kappa shape index (κ1) is 9.05. The van der Waals surface area contributed by atoms with Gasteiger partial charge >= 0.3 is 0 Å². The lowest BCUT2D eigenvalue weighted by molar-refractivity contribution is 0.478. The molecule has 1 nitrogen and oxygen atoms in total. The van der Waals surface area contributed by atoms with E-state index in [1.54, 1.807) is 0 Å². The second-order valence-electron chi connectivity index (χ2n) is 3.69. The summed E-state index contributed by atoms with van der Waals surface area (Å²) in [5.41, 5.74) is 0. The maximum Gasteiger partial charge on any atom is -0.00463 e. The first-order chi connectivity index (χ1) is 5.43. The van der Waals surface area contributed by atoms with Crippen LogP contribution in [0.5, 0.6) is 0 Å². The van der Waals surface area contributed by atoms with Gasteiger partial charge < -0.3 is 5.32 Å². The smallest absolute Gasteiger partial charge is 0.00463 e. The first-order valence-electron chi connectivity index (χ1n) is 5.14. The van der Waals surface area contributed by atoms with E-state index in [9.17, 15) is 0 Å². The van der Waals surface area contributed by atoms with E-state index in [0.717, 1.165) is 5.92 Å². The zero-order valence-electron chi connectivity index (χ0n) is 7.73. The molecule has 0 unspecified atom stereocenters. The van der Waals surface area contributed by atoms with Crippen LogP contribution in [0.25, 0.3) is 0 Å². The highest BCUT2D eigenvalue weighted by molar-refractivity contribution is 4.67. The number of hydrogen-bond acceptors (Lipinski definition) is 1. The maximum atomic E-state index is 3.46. The Hall–Kier alpha value is -0.0400. The zero-order valence-corrected chi connectivity index (χ0v) is 7.73. The van der Waals surface area contributed by atoms with Gasteiger partial charge in [0.15, 0.2) is 0 Å². The van der Waals surface area contributed by atoms with Crippen LogP contribution in [0.15, 0.2) is 0 Å². The summed E-state index contributed by atoms with van der Waals surface area (Å²) in [6.45, 7) is 4.67. The Morgan fingerprint density at radius 3 is 2.55 bits per heavy atom. The van der Waals surface area contributed by atoms with Crippen molar-refractivity contribution in [3.05, 3.63) is 0 Å². The van der Waals surface area contributed by atoms with Crippen LogP contribution in [0, 0.1) is 5.92 Å². The average molecular weight is 155 g/mol. The molecule has 66 valence electrons. The lowest BCUT2D eigenvalue weighted by atomic mass is 10.0. The minimum atomic E-state index is 1.05. The van der Waals surface area contributed by atoms with Crippen molar-refractivity contribution < 1.29 is 0 Å². The Bertz CT molecular complexity index is 84.9. The van der Waals surface area contributed by atoms with E-state index in [-0.39, 0.29) is 0 Å². The van der Waals surface area contributed by atoms with Crippen molar-refractivity contribution in [3.63, 3.8) is 0 Å². The molecule has 0 heterocycles. The van der Waals surface area contributed by atoms with Gasteiger partial charge in [-0.1, -0.05) is 32.6 Å². The van der Waals surface area contributed by atoms with Crippen molar-refractivity contribution in [1.82, 2.24) is 5.32 Å². The lowest BCUT2D eigenvalue weighted by Gasteiger charge is -2.08. The molecule has 11 heavy (non-hydrogen) atoms. The van der Waals surface area contributed by atoms with E-state index in [0.29, 0.717) is 0 Å². The van der Waals surface area contributed by atoms with Crippen molar-refractivity contribution >= 4 is 0 Å². The monoisotopic (exact) mass is 155 g/mol. The normalized spacial score (nSPS) is 19.4. The predicted molar refractivity (Wildman–Crippen MR) is 49.7 cm³/mol. The van der Waals surface area contributed by atoms with Crippen molar-refractivity contribution in [1.29, 1.82) is 0 Å². The topological polar surface area (TPSA) is 12.0 Å². The fourth-order valence-corrected chi connectivity index (χ4v) is 1.91. The third-order valence-corrected chi connectivity index (χ3v) is 2.63. The molecule has 0 saturated heterocycles. The van der Waals surface area contributed by atoms with Crippen LogP contribution < -0.4 is 5.32 Å². The molecule has 0 aliphatic heterocycles. The molecule has 1 fully saturated rings. The molecule has 0 amide bonds. The SMILES string of the molecule is CCCNCCC1CCCC1. The third kappa shape index (κ3) is 3.76. The molecule has 1 N–H and O–H groups in total. The van der Waals surface area contributed by atoms with E-state index >= 15 is 0 Å². The van der Waals surface area contributed by atoms with E-state index in [4.69, 9.17) is 0 Å². The summed E-state index contributed by atoms with van der Waals surface area (Å²) >= 11 is 0. The molecular weight excluding hydrogens is 134 g/mol. The van der Waals surface area contributed by atoms with Crippen molar-refractivity contribution in [3.8, 4) is 0 Å². The molecule has 0 bridgehead atoms. The maximum absolute atomic E-state index is 3.46. The Balaban J connectivity index is 1.86. The van der Waals surface area contributed by atoms with E-state index in [2.05, 4.69) is 12.2 Å². The van der Waals surface area contributed by atoms with Crippen molar-refractivity contribution in [2.24, 2.45) is 5.92 Å². The van der Waals surface area contributed by atoms with Gasteiger partial charge in [0, 0.05) is 0 Å². The molecule has 0 aromatic heterocycles. The quantitative estimate of drug-likeness (QED) is 0.602. The molecule has 1 saturated carbocycles. The van der Waals surface area contributed by atoms with Gasteiger partial charge in [-0.2, -0.15) is 0 Å². The summed E-state index contributed by atoms with van der Waals surface area (Å²) in [4.78, 5) is 0. The van der Waals surface area contributed by atoms with Crippen LogP contribution >= 0.6 is 0 Å². The van der Waals surface area contributed by atoms with Crippen LogP contribution in [0.3, 0.4) is 0 Å². The van der Waals surface area contributed by atoms with Gasteiger partial charge in [-0.05, 0) is 31.8 Å². The largest absolute Gasteiger partial charge is 0.317 e. The molecular formula is C10H21N. The highest BCUT2D eigenvalue weighted by Crippen LogP contribution is 2.26. The summed E-state index contributed by atoms with van der Waals surface area (Å²) in [7, 11) is 0. The highest BCUT2D eigenvalue weighted by atomic mass is 14.8. The molecule has 1 aliphatic rings. The van der Waals surface area contributed by atoms with E-state index in [1.807, 2.05) is 0 Å². The fourth-order valence-electron chi connectivity index (χ4n) is 1.91. The number of hydrogen-bond donors (Lipinski definition) is 1. The summed E-state index contributed by atoms with van der Waals surface area (Å²) in [5.74, 6) is 1.05. The van der Waals surface area contributed by atoms with Crippen LogP contribution in [-0.4, -0.2) is 13.1 Å². The van der Waals surface area contributed by atoms with E-state index in [1.165, 1.54) is 51.6 Å². The molecule has 1 aliphatic carbocycles. The van der Waals surface area contributed by atoms with Crippen LogP contribution in [0.2, 0.25) is 0 Å². The molecule has 0 atom stereocenters. The van der Waals surface area contributed by atoms with Gasteiger partial charge in [0.05, 0.1) is 0 Å². The average Bonchev–Trinajstić information content (AvgIpc) is 2.50. The number of rotatable bonds is 5. The predicted octanol–water partition coefficient (Wildman–Crippen LogP) is 2.57.